The van der Waals surface area contributed by atoms with Gasteiger partial charge >= 0.3 is 0 Å². The molecule has 0 radical (unpaired) electrons. The van der Waals surface area contributed by atoms with Crippen LogP contribution in [0.4, 0.5) is 0 Å². The summed E-state index contributed by atoms with van der Waals surface area (Å²) in [7, 11) is 0. The normalized spacial score (nSPS) is 14.3. The summed E-state index contributed by atoms with van der Waals surface area (Å²) in [6, 6.07) is 0. The van der Waals surface area contributed by atoms with Crippen molar-refractivity contribution in [3.8, 4) is 0 Å². The van der Waals surface area contributed by atoms with Crippen molar-refractivity contribution in [2.75, 3.05) is 0 Å². The third-order valence-electron chi connectivity index (χ3n) is 3.78. The van der Waals surface area contributed by atoms with Crippen LogP contribution in [0.3, 0.4) is 0 Å². The fourth-order valence-corrected chi connectivity index (χ4v) is 2.20. The molecule has 2 nitrogen and oxygen atoms in total. The zero-order valence-corrected chi connectivity index (χ0v) is 16.5. The summed E-state index contributed by atoms with van der Waals surface area (Å²) < 4.78 is 0. The molecule has 0 amide bonds. The first-order valence-corrected chi connectivity index (χ1v) is 9.90. The number of rotatable bonds is 15. The van der Waals surface area contributed by atoms with E-state index in [4.69, 9.17) is 5.11 Å². The van der Waals surface area contributed by atoms with Gasteiger partial charge in [-0.15, -0.1) is 0 Å². The van der Waals surface area contributed by atoms with E-state index in [2.05, 4.69) is 19.1 Å². The molecule has 0 aliphatic rings. The van der Waals surface area contributed by atoms with E-state index in [0.29, 0.717) is 0 Å². The highest BCUT2D eigenvalue weighted by Crippen LogP contribution is 2.08. The van der Waals surface area contributed by atoms with Crippen molar-refractivity contribution in [1.29, 1.82) is 0 Å². The molecule has 1 unspecified atom stereocenters. The lowest BCUT2D eigenvalue weighted by Crippen LogP contribution is -2.12. The van der Waals surface area contributed by atoms with E-state index in [1.54, 1.807) is 12.2 Å². The highest BCUT2D eigenvalue weighted by atomic mass is 16.3. The fourth-order valence-electron chi connectivity index (χ4n) is 2.20. The molecule has 144 valence electrons. The molecule has 1 N–H and O–H groups in total. The van der Waals surface area contributed by atoms with Crippen LogP contribution in [0.15, 0.2) is 72.9 Å². The van der Waals surface area contributed by atoms with Crippen LogP contribution >= 0.6 is 0 Å². The average molecular weight is 357 g/mol. The van der Waals surface area contributed by atoms with Crippen molar-refractivity contribution in [3.05, 3.63) is 72.9 Å². The van der Waals surface area contributed by atoms with Gasteiger partial charge in [-0.1, -0.05) is 112 Å². The number of carbonyl (C=O) groups excluding carboxylic acids is 1. The maximum absolute atomic E-state index is 11.1. The number of aliphatic hydroxyl groups excluding tert-OH is 1. The van der Waals surface area contributed by atoms with Gasteiger partial charge in [0.2, 0.25) is 0 Å². The molecule has 0 saturated heterocycles. The lowest BCUT2D eigenvalue weighted by molar-refractivity contribution is -0.121. The van der Waals surface area contributed by atoms with E-state index in [-0.39, 0.29) is 5.78 Å². The zero-order chi connectivity index (χ0) is 19.3. The van der Waals surface area contributed by atoms with Gasteiger partial charge in [-0.05, 0) is 25.8 Å². The Balaban J connectivity index is 3.67. The van der Waals surface area contributed by atoms with Gasteiger partial charge < -0.3 is 5.11 Å². The molecule has 0 bridgehead atoms. The summed E-state index contributed by atoms with van der Waals surface area (Å²) in [5.41, 5.74) is 0. The van der Waals surface area contributed by atoms with Crippen molar-refractivity contribution in [3.63, 3.8) is 0 Å². The SMILES string of the molecule is CCCCCCCCCC=CC=CC=CC=CC=CC=CC(=O)C(C)O. The lowest BCUT2D eigenvalue weighted by Gasteiger charge is -1.98. The molecule has 0 aliphatic heterocycles. The molecule has 0 aromatic rings. The van der Waals surface area contributed by atoms with Crippen molar-refractivity contribution in [2.45, 2.75) is 71.3 Å². The summed E-state index contributed by atoms with van der Waals surface area (Å²) in [4.78, 5) is 11.1. The summed E-state index contributed by atoms with van der Waals surface area (Å²) in [6.45, 7) is 3.71. The Morgan fingerprint density at radius 3 is 1.73 bits per heavy atom. The summed E-state index contributed by atoms with van der Waals surface area (Å²) in [5.74, 6) is -0.288. The molecule has 26 heavy (non-hydrogen) atoms. The number of carbonyl (C=O) groups is 1. The third kappa shape index (κ3) is 18.4. The van der Waals surface area contributed by atoms with Gasteiger partial charge in [0.15, 0.2) is 5.78 Å². The van der Waals surface area contributed by atoms with E-state index in [1.807, 2.05) is 42.5 Å². The van der Waals surface area contributed by atoms with Gasteiger partial charge in [-0.25, -0.2) is 0 Å². The quantitative estimate of drug-likeness (QED) is 0.209. The number of hydrogen-bond acceptors (Lipinski definition) is 2. The monoisotopic (exact) mass is 356 g/mol. The molecule has 0 saturated carbocycles. The highest BCUT2D eigenvalue weighted by molar-refractivity contribution is 5.93. The van der Waals surface area contributed by atoms with Crippen LogP contribution in [0.5, 0.6) is 0 Å². The van der Waals surface area contributed by atoms with E-state index >= 15 is 0 Å². The smallest absolute Gasteiger partial charge is 0.183 e. The largest absolute Gasteiger partial charge is 0.385 e. The predicted molar refractivity (Wildman–Crippen MR) is 114 cm³/mol. The van der Waals surface area contributed by atoms with Crippen LogP contribution in [0.1, 0.15) is 65.2 Å². The van der Waals surface area contributed by atoms with E-state index in [1.165, 1.54) is 57.9 Å². The second-order valence-electron chi connectivity index (χ2n) is 6.32. The van der Waals surface area contributed by atoms with Crippen LogP contribution in [0, 0.1) is 0 Å². The first-order valence-electron chi connectivity index (χ1n) is 9.90. The van der Waals surface area contributed by atoms with Gasteiger partial charge in [0.25, 0.3) is 0 Å². The molecule has 0 aliphatic carbocycles. The number of unbranched alkanes of at least 4 members (excludes halogenated alkanes) is 7. The van der Waals surface area contributed by atoms with Crippen LogP contribution < -0.4 is 0 Å². The summed E-state index contributed by atoms with van der Waals surface area (Å²) in [6.07, 6.45) is 32.4. The molecule has 0 rings (SSSR count). The molecule has 0 spiro atoms. The van der Waals surface area contributed by atoms with E-state index < -0.39 is 6.10 Å². The predicted octanol–water partition coefficient (Wildman–Crippen LogP) is 6.41. The van der Waals surface area contributed by atoms with Crippen LogP contribution in [0.25, 0.3) is 0 Å². The Bertz CT molecular complexity index is 502. The van der Waals surface area contributed by atoms with Crippen molar-refractivity contribution in [1.82, 2.24) is 0 Å². The molecular weight excluding hydrogens is 320 g/mol. The van der Waals surface area contributed by atoms with Crippen LogP contribution in [-0.4, -0.2) is 17.0 Å². The Kier molecular flexibility index (Phi) is 18.0. The molecule has 1 atom stereocenters. The molecule has 0 aromatic heterocycles. The number of hydrogen-bond donors (Lipinski definition) is 1. The average Bonchev–Trinajstić information content (AvgIpc) is 2.63. The standard InChI is InChI=1S/C24H36O2/c1-3-4-5-6-7-8-9-10-11-12-13-14-15-16-17-18-19-20-21-22-24(26)23(2)25/h11-23,25H,3-10H2,1-2H3. The zero-order valence-electron chi connectivity index (χ0n) is 16.5. The Morgan fingerprint density at radius 2 is 1.19 bits per heavy atom. The van der Waals surface area contributed by atoms with Gasteiger partial charge in [0.05, 0.1) is 0 Å². The van der Waals surface area contributed by atoms with Crippen molar-refractivity contribution < 1.29 is 9.90 Å². The number of aliphatic hydroxyl groups is 1. The Morgan fingerprint density at radius 1 is 0.731 bits per heavy atom. The minimum absolute atomic E-state index is 0.288. The Labute approximate surface area is 160 Å². The third-order valence-corrected chi connectivity index (χ3v) is 3.78. The van der Waals surface area contributed by atoms with E-state index in [9.17, 15) is 4.79 Å². The number of allylic oxidation sites excluding steroid dienone is 11. The maximum atomic E-state index is 11.1. The first kappa shape index (κ1) is 24.1. The highest BCUT2D eigenvalue weighted by Gasteiger charge is 2.01. The Hall–Kier alpha value is -1.93. The molecular formula is C24H36O2. The fraction of sp³-hybridized carbons (Fsp3) is 0.458. The van der Waals surface area contributed by atoms with Crippen LogP contribution in [0.2, 0.25) is 0 Å². The summed E-state index contributed by atoms with van der Waals surface area (Å²) in [5, 5.41) is 9.01. The van der Waals surface area contributed by atoms with Gasteiger partial charge in [-0.3, -0.25) is 4.79 Å². The van der Waals surface area contributed by atoms with Crippen LogP contribution in [-0.2, 0) is 4.79 Å². The molecule has 0 aromatic carbocycles. The summed E-state index contributed by atoms with van der Waals surface area (Å²) >= 11 is 0. The van der Waals surface area contributed by atoms with E-state index in [0.717, 1.165) is 6.42 Å². The molecule has 2 heteroatoms. The van der Waals surface area contributed by atoms with Gasteiger partial charge in [0.1, 0.15) is 6.10 Å². The second-order valence-corrected chi connectivity index (χ2v) is 6.32. The van der Waals surface area contributed by atoms with Crippen molar-refractivity contribution in [2.24, 2.45) is 0 Å². The molecule has 0 fully saturated rings. The minimum Gasteiger partial charge on any atom is -0.385 e. The second kappa shape index (κ2) is 19.4. The topological polar surface area (TPSA) is 37.3 Å². The van der Waals surface area contributed by atoms with Crippen molar-refractivity contribution >= 4 is 5.78 Å². The minimum atomic E-state index is -0.936. The number of ketones is 1. The van der Waals surface area contributed by atoms with Gasteiger partial charge in [-0.2, -0.15) is 0 Å². The van der Waals surface area contributed by atoms with Gasteiger partial charge in [0, 0.05) is 0 Å². The first-order chi connectivity index (χ1) is 12.7. The maximum Gasteiger partial charge on any atom is 0.183 e. The lowest BCUT2D eigenvalue weighted by atomic mass is 10.1. The molecule has 0 heterocycles.